The second kappa shape index (κ2) is 7.72. The first-order chi connectivity index (χ1) is 12.1. The number of aliphatic imine (C=N–C) groups is 1. The number of esters is 1. The second-order valence-electron chi connectivity index (χ2n) is 5.97. The molecule has 0 bridgehead atoms. The molecule has 5 nitrogen and oxygen atoms in total. The molecule has 5 radical (unpaired) electrons. The van der Waals surface area contributed by atoms with Crippen molar-refractivity contribution in [3.8, 4) is 0 Å². The number of guanidine groups is 1. The van der Waals surface area contributed by atoms with Gasteiger partial charge >= 0.3 is 5.97 Å². The average Bonchev–Trinajstić information content (AvgIpc) is 3.16. The van der Waals surface area contributed by atoms with Gasteiger partial charge in [-0.15, -0.1) is 0 Å². The smallest absolute Gasteiger partial charge is 0.338 e. The van der Waals surface area contributed by atoms with E-state index >= 15 is 0 Å². The van der Waals surface area contributed by atoms with Crippen molar-refractivity contribution in [3.05, 3.63) is 73.1 Å². The molecule has 1 aliphatic carbocycles. The third-order valence-corrected chi connectivity index (χ3v) is 4.02. The Kier molecular flexibility index (Phi) is 5.41. The van der Waals surface area contributed by atoms with E-state index in [2.05, 4.69) is 5.32 Å². The van der Waals surface area contributed by atoms with Gasteiger partial charge in [0.15, 0.2) is 5.96 Å². The van der Waals surface area contributed by atoms with Crippen LogP contribution in [0.5, 0.6) is 0 Å². The summed E-state index contributed by atoms with van der Waals surface area (Å²) < 4.78 is 5.34. The van der Waals surface area contributed by atoms with Gasteiger partial charge in [-0.25, -0.2) is 9.79 Å². The first-order valence-corrected chi connectivity index (χ1v) is 8.32. The Morgan fingerprint density at radius 2 is 1.88 bits per heavy atom. The highest BCUT2D eigenvalue weighted by Crippen LogP contribution is 2.36. The molecule has 1 atom stereocenters. The van der Waals surface area contributed by atoms with Gasteiger partial charge in [-0.05, 0) is 38.2 Å². The lowest BCUT2D eigenvalue weighted by atomic mass is 9.88. The zero-order valence-corrected chi connectivity index (χ0v) is 14.7. The number of benzene rings is 1. The summed E-state index contributed by atoms with van der Waals surface area (Å²) in [7, 11) is 3.84. The summed E-state index contributed by atoms with van der Waals surface area (Å²) in [6.45, 7) is 2.13. The van der Waals surface area contributed by atoms with Crippen molar-refractivity contribution in [1.82, 2.24) is 10.2 Å². The third kappa shape index (κ3) is 3.70. The summed E-state index contributed by atoms with van der Waals surface area (Å²) in [6, 6.07) is 9.40. The normalized spacial score (nSPS) is 20.9. The quantitative estimate of drug-likeness (QED) is 0.857. The van der Waals surface area contributed by atoms with Gasteiger partial charge in [-0.2, -0.15) is 0 Å². The van der Waals surface area contributed by atoms with Crippen molar-refractivity contribution in [2.45, 2.75) is 13.0 Å². The van der Waals surface area contributed by atoms with E-state index < -0.39 is 6.04 Å². The number of hydrogen-bond donors (Lipinski definition) is 1. The fourth-order valence-electron chi connectivity index (χ4n) is 2.83. The number of hydrogen-bond acceptors (Lipinski definition) is 5. The highest BCUT2D eigenvalue weighted by Gasteiger charge is 2.38. The Morgan fingerprint density at radius 3 is 2.48 bits per heavy atom. The van der Waals surface area contributed by atoms with E-state index in [1.54, 1.807) is 0 Å². The minimum atomic E-state index is -0.400. The van der Waals surface area contributed by atoms with Crippen LogP contribution in [0.1, 0.15) is 12.5 Å². The van der Waals surface area contributed by atoms with Crippen LogP contribution in [0.15, 0.2) is 40.9 Å². The maximum atomic E-state index is 12.8. The molecule has 1 N–H and O–H groups in total. The van der Waals surface area contributed by atoms with E-state index in [1.165, 1.54) is 0 Å². The zero-order chi connectivity index (χ0) is 17.8. The summed E-state index contributed by atoms with van der Waals surface area (Å²) in [6.07, 6.45) is 7.86. The molecule has 1 saturated carbocycles. The van der Waals surface area contributed by atoms with Crippen molar-refractivity contribution < 1.29 is 9.53 Å². The topological polar surface area (TPSA) is 53.9 Å². The van der Waals surface area contributed by atoms with E-state index in [9.17, 15) is 4.79 Å². The molecule has 0 saturated heterocycles. The molecular weight excluding hydrogens is 314 g/mol. The molecule has 0 aromatic heterocycles. The van der Waals surface area contributed by atoms with Gasteiger partial charge in [-0.1, -0.05) is 30.3 Å². The number of carbonyl (C=O) groups is 1. The maximum absolute atomic E-state index is 12.8. The number of rotatable bonds is 4. The first kappa shape index (κ1) is 17.5. The van der Waals surface area contributed by atoms with Crippen molar-refractivity contribution in [2.24, 2.45) is 4.99 Å². The van der Waals surface area contributed by atoms with E-state index in [0.29, 0.717) is 18.1 Å². The van der Waals surface area contributed by atoms with E-state index in [0.717, 1.165) is 17.2 Å². The predicted octanol–water partition coefficient (Wildman–Crippen LogP) is 2.26. The Hall–Kier alpha value is -2.30. The van der Waals surface area contributed by atoms with Crippen LogP contribution in [0.4, 0.5) is 0 Å². The van der Waals surface area contributed by atoms with Crippen LogP contribution in [0.25, 0.3) is 5.70 Å². The van der Waals surface area contributed by atoms with Gasteiger partial charge in [0.2, 0.25) is 0 Å². The standard InChI is InChI=1S/C20H22N3O2/c1-4-25-19(24)16-17(14-10-6-5-7-11-14)21-20(23(2)3)22-18(16)15-12-8-9-13-15/h5-13,18H,4H2,1-3H3,(H,21,22). The number of ether oxygens (including phenoxy) is 1. The summed E-state index contributed by atoms with van der Waals surface area (Å²) in [5.41, 5.74) is 2.20. The lowest BCUT2D eigenvalue weighted by molar-refractivity contribution is -0.138. The van der Waals surface area contributed by atoms with Crippen LogP contribution < -0.4 is 5.32 Å². The van der Waals surface area contributed by atoms with Gasteiger partial charge in [0.05, 0.1) is 23.9 Å². The van der Waals surface area contributed by atoms with Crippen LogP contribution >= 0.6 is 0 Å². The minimum absolute atomic E-state index is 0.322. The van der Waals surface area contributed by atoms with E-state index in [-0.39, 0.29) is 5.97 Å². The summed E-state index contributed by atoms with van der Waals surface area (Å²) >= 11 is 0. The lowest BCUT2D eigenvalue weighted by Crippen LogP contribution is -2.43. The van der Waals surface area contributed by atoms with Crippen molar-refractivity contribution >= 4 is 17.6 Å². The zero-order valence-electron chi connectivity index (χ0n) is 14.7. The van der Waals surface area contributed by atoms with Gasteiger partial charge in [0.25, 0.3) is 0 Å². The fraction of sp³-hybridized carbons (Fsp3) is 0.250. The first-order valence-electron chi connectivity index (χ1n) is 8.32. The molecule has 1 heterocycles. The van der Waals surface area contributed by atoms with Gasteiger partial charge in [-0.3, -0.25) is 0 Å². The van der Waals surface area contributed by atoms with Crippen LogP contribution in [0, 0.1) is 31.6 Å². The van der Waals surface area contributed by atoms with Crippen molar-refractivity contribution in [1.29, 1.82) is 0 Å². The molecule has 3 rings (SSSR count). The SMILES string of the molecule is CCOC(=O)C1=C(c2ccccc2)NC(N(C)C)=NC1[C]1[CH][CH][CH][CH]1. The Bertz CT molecular complexity index is 673. The molecule has 1 aliphatic heterocycles. The second-order valence-corrected chi connectivity index (χ2v) is 5.97. The van der Waals surface area contributed by atoms with Gasteiger partial charge < -0.3 is 15.0 Å². The Balaban J connectivity index is 2.10. The molecule has 1 aromatic carbocycles. The third-order valence-electron chi connectivity index (χ3n) is 4.02. The molecular formula is C20H22N3O2. The van der Waals surface area contributed by atoms with Crippen molar-refractivity contribution in [2.75, 3.05) is 20.7 Å². The van der Waals surface area contributed by atoms with Crippen LogP contribution in [0.3, 0.4) is 0 Å². The van der Waals surface area contributed by atoms with Crippen molar-refractivity contribution in [3.63, 3.8) is 0 Å². The Labute approximate surface area is 149 Å². The van der Waals surface area contributed by atoms with Crippen LogP contribution in [-0.4, -0.2) is 43.6 Å². The fourth-order valence-corrected chi connectivity index (χ4v) is 2.83. The van der Waals surface area contributed by atoms with Gasteiger partial charge in [0, 0.05) is 20.0 Å². The minimum Gasteiger partial charge on any atom is -0.463 e. The molecule has 129 valence electrons. The molecule has 0 amide bonds. The van der Waals surface area contributed by atoms with Gasteiger partial charge in [0.1, 0.15) is 0 Å². The monoisotopic (exact) mass is 336 g/mol. The highest BCUT2D eigenvalue weighted by atomic mass is 16.5. The molecule has 25 heavy (non-hydrogen) atoms. The van der Waals surface area contributed by atoms with E-state index in [4.69, 9.17) is 9.73 Å². The van der Waals surface area contributed by atoms with Crippen LogP contribution in [0.2, 0.25) is 0 Å². The Morgan fingerprint density at radius 1 is 1.20 bits per heavy atom. The maximum Gasteiger partial charge on any atom is 0.338 e. The highest BCUT2D eigenvalue weighted by molar-refractivity contribution is 6.05. The molecule has 1 fully saturated rings. The average molecular weight is 336 g/mol. The summed E-state index contributed by atoms with van der Waals surface area (Å²) in [5.74, 6) is 1.33. The molecule has 1 aromatic rings. The molecule has 1 unspecified atom stereocenters. The summed E-state index contributed by atoms with van der Waals surface area (Å²) in [5, 5.41) is 3.31. The molecule has 2 aliphatic rings. The van der Waals surface area contributed by atoms with Crippen LogP contribution in [-0.2, 0) is 9.53 Å². The predicted molar refractivity (Wildman–Crippen MR) is 98.5 cm³/mol. The number of carbonyl (C=O) groups excluding carboxylic acids is 1. The molecule has 0 spiro atoms. The number of nitrogens with zero attached hydrogens (tertiary/aromatic N) is 2. The van der Waals surface area contributed by atoms with E-state index in [1.807, 2.05) is 81.9 Å². The lowest BCUT2D eigenvalue weighted by Gasteiger charge is -2.32. The molecule has 5 heteroatoms. The largest absolute Gasteiger partial charge is 0.463 e. The summed E-state index contributed by atoms with van der Waals surface area (Å²) in [4.78, 5) is 19.4. The number of nitrogens with one attached hydrogen (secondary N) is 1.